The van der Waals surface area contributed by atoms with E-state index in [2.05, 4.69) is 10.6 Å². The summed E-state index contributed by atoms with van der Waals surface area (Å²) in [5.41, 5.74) is -0.212. The van der Waals surface area contributed by atoms with E-state index in [1.165, 1.54) is 30.6 Å². The van der Waals surface area contributed by atoms with Crippen molar-refractivity contribution in [3.8, 4) is 0 Å². The molecule has 0 spiro atoms. The van der Waals surface area contributed by atoms with Gasteiger partial charge in [0.15, 0.2) is 0 Å². The lowest BCUT2D eigenvalue weighted by Gasteiger charge is -2.21. The van der Waals surface area contributed by atoms with Gasteiger partial charge in [-0.25, -0.2) is 9.59 Å². The van der Waals surface area contributed by atoms with Gasteiger partial charge in [-0.15, -0.1) is 11.8 Å². The van der Waals surface area contributed by atoms with Gasteiger partial charge in [0.05, 0.1) is 6.61 Å². The summed E-state index contributed by atoms with van der Waals surface area (Å²) in [5, 5.41) is 6.19. The summed E-state index contributed by atoms with van der Waals surface area (Å²) in [4.78, 5) is 24.9. The number of hydrogen-bond acceptors (Lipinski definition) is 4. The molecule has 2 fully saturated rings. The van der Waals surface area contributed by atoms with Gasteiger partial charge in [-0.2, -0.15) is 0 Å². The molecule has 0 radical (unpaired) electrons. The Labute approximate surface area is 140 Å². The Bertz CT molecular complexity index is 584. The number of cyclic esters (lactones) is 1. The highest BCUT2D eigenvalue weighted by Crippen LogP contribution is 2.34. The third-order valence-corrected chi connectivity index (χ3v) is 5.74. The van der Waals surface area contributed by atoms with Gasteiger partial charge in [0.1, 0.15) is 5.54 Å². The minimum absolute atomic E-state index is 0.350. The fourth-order valence-corrected chi connectivity index (χ4v) is 4.20. The summed E-state index contributed by atoms with van der Waals surface area (Å²) in [5.74, 6) is -0.379. The van der Waals surface area contributed by atoms with Gasteiger partial charge in [-0.1, -0.05) is 12.8 Å². The van der Waals surface area contributed by atoms with Crippen LogP contribution in [0.3, 0.4) is 0 Å². The van der Waals surface area contributed by atoms with Crippen LogP contribution >= 0.6 is 11.8 Å². The minimum Gasteiger partial charge on any atom is -0.464 e. The van der Waals surface area contributed by atoms with Crippen molar-refractivity contribution in [2.45, 2.75) is 54.7 Å². The molecule has 23 heavy (non-hydrogen) atoms. The van der Waals surface area contributed by atoms with Crippen molar-refractivity contribution in [1.82, 2.24) is 5.32 Å². The third kappa shape index (κ3) is 3.99. The largest absolute Gasteiger partial charge is 0.464 e. The number of amides is 2. The van der Waals surface area contributed by atoms with E-state index in [0.717, 1.165) is 5.25 Å². The van der Waals surface area contributed by atoms with Crippen LogP contribution in [0.15, 0.2) is 29.2 Å². The number of thioether (sulfide) groups is 1. The first-order valence-corrected chi connectivity index (χ1v) is 8.96. The first-order chi connectivity index (χ1) is 11.0. The maximum Gasteiger partial charge on any atom is 0.331 e. The number of nitrogens with one attached hydrogen (secondary N) is 2. The molecule has 1 aliphatic carbocycles. The predicted octanol–water partition coefficient (Wildman–Crippen LogP) is 3.55. The fourth-order valence-electron chi connectivity index (χ4n) is 2.95. The molecule has 3 rings (SSSR count). The van der Waals surface area contributed by atoms with E-state index in [1.807, 2.05) is 36.0 Å². The number of esters is 1. The van der Waals surface area contributed by atoms with Crippen LogP contribution in [0.4, 0.5) is 10.5 Å². The van der Waals surface area contributed by atoms with Gasteiger partial charge in [0, 0.05) is 22.3 Å². The number of carbonyl (C=O) groups is 2. The van der Waals surface area contributed by atoms with Gasteiger partial charge in [0.25, 0.3) is 0 Å². The molecule has 0 aromatic heterocycles. The van der Waals surface area contributed by atoms with Crippen molar-refractivity contribution < 1.29 is 14.3 Å². The second-order valence-corrected chi connectivity index (χ2v) is 7.72. The summed E-state index contributed by atoms with van der Waals surface area (Å²) in [7, 11) is 0. The van der Waals surface area contributed by atoms with Crippen LogP contribution in [-0.4, -0.2) is 29.4 Å². The second kappa shape index (κ2) is 6.83. The van der Waals surface area contributed by atoms with Crippen molar-refractivity contribution in [1.29, 1.82) is 0 Å². The molecule has 0 bridgehead atoms. The van der Waals surface area contributed by atoms with Crippen LogP contribution in [0.1, 0.15) is 39.0 Å². The fraction of sp³-hybridized carbons (Fsp3) is 0.529. The van der Waals surface area contributed by atoms with E-state index >= 15 is 0 Å². The Hall–Kier alpha value is -1.69. The Balaban J connectivity index is 1.53. The highest BCUT2D eigenvalue weighted by atomic mass is 32.2. The third-order valence-electron chi connectivity index (χ3n) is 4.39. The van der Waals surface area contributed by atoms with E-state index in [-0.39, 0.29) is 12.0 Å². The smallest absolute Gasteiger partial charge is 0.331 e. The number of hydrogen-bond donors (Lipinski definition) is 2. The van der Waals surface area contributed by atoms with Crippen LogP contribution in [0, 0.1) is 0 Å². The predicted molar refractivity (Wildman–Crippen MR) is 90.7 cm³/mol. The SMILES string of the molecule is CC1(NC(=O)Nc2ccc(SC3CCCC3)cc2)CCOC1=O. The topological polar surface area (TPSA) is 67.4 Å². The van der Waals surface area contributed by atoms with Gasteiger partial charge in [-0.3, -0.25) is 0 Å². The summed E-state index contributed by atoms with van der Waals surface area (Å²) in [6.07, 6.45) is 5.75. The Kier molecular flexibility index (Phi) is 4.80. The lowest BCUT2D eigenvalue weighted by Crippen LogP contribution is -2.51. The average Bonchev–Trinajstić information content (AvgIpc) is 3.12. The molecule has 1 saturated heterocycles. The highest BCUT2D eigenvalue weighted by Gasteiger charge is 2.41. The molecule has 1 atom stereocenters. The molecule has 1 unspecified atom stereocenters. The quantitative estimate of drug-likeness (QED) is 0.826. The van der Waals surface area contributed by atoms with Crippen molar-refractivity contribution in [2.75, 3.05) is 11.9 Å². The molecule has 124 valence electrons. The summed E-state index contributed by atoms with van der Waals surface area (Å²) >= 11 is 1.92. The monoisotopic (exact) mass is 334 g/mol. The molecule has 6 heteroatoms. The van der Waals surface area contributed by atoms with Gasteiger partial charge < -0.3 is 15.4 Å². The molecule has 2 amide bonds. The summed E-state index contributed by atoms with van der Waals surface area (Å²) < 4.78 is 4.91. The molecular weight excluding hydrogens is 312 g/mol. The van der Waals surface area contributed by atoms with E-state index in [4.69, 9.17) is 4.74 Å². The van der Waals surface area contributed by atoms with Crippen LogP contribution in [0.2, 0.25) is 0 Å². The molecule has 2 N–H and O–H groups in total. The number of urea groups is 1. The van der Waals surface area contributed by atoms with Gasteiger partial charge in [0.2, 0.25) is 0 Å². The molecule has 1 aliphatic heterocycles. The summed E-state index contributed by atoms with van der Waals surface area (Å²) in [6.45, 7) is 2.03. The van der Waals surface area contributed by atoms with Crippen LogP contribution in [-0.2, 0) is 9.53 Å². The minimum atomic E-state index is -0.928. The van der Waals surface area contributed by atoms with Crippen LogP contribution in [0.5, 0.6) is 0 Å². The lowest BCUT2D eigenvalue weighted by atomic mass is 10.0. The van der Waals surface area contributed by atoms with E-state index in [1.54, 1.807) is 6.92 Å². The van der Waals surface area contributed by atoms with Gasteiger partial charge in [-0.05, 0) is 44.0 Å². The Morgan fingerprint density at radius 2 is 1.96 bits per heavy atom. The standard InChI is InChI=1S/C17H22N2O3S/c1-17(10-11-22-15(17)20)19-16(21)18-12-6-8-14(9-7-12)23-13-4-2-3-5-13/h6-9,13H,2-5,10-11H2,1H3,(H2,18,19,21). The molecular formula is C17H22N2O3S. The molecule has 1 aromatic rings. The Morgan fingerprint density at radius 1 is 1.26 bits per heavy atom. The molecule has 1 saturated carbocycles. The van der Waals surface area contributed by atoms with E-state index in [0.29, 0.717) is 18.7 Å². The zero-order chi connectivity index (χ0) is 16.3. The van der Waals surface area contributed by atoms with Crippen molar-refractivity contribution in [3.05, 3.63) is 24.3 Å². The molecule has 2 aliphatic rings. The van der Waals surface area contributed by atoms with Crippen molar-refractivity contribution in [2.24, 2.45) is 0 Å². The number of benzene rings is 1. The molecule has 1 heterocycles. The first-order valence-electron chi connectivity index (χ1n) is 8.08. The second-order valence-electron chi connectivity index (χ2n) is 6.35. The number of rotatable bonds is 4. The van der Waals surface area contributed by atoms with E-state index < -0.39 is 5.54 Å². The zero-order valence-electron chi connectivity index (χ0n) is 13.3. The number of anilines is 1. The van der Waals surface area contributed by atoms with E-state index in [9.17, 15) is 9.59 Å². The zero-order valence-corrected chi connectivity index (χ0v) is 14.1. The average molecular weight is 334 g/mol. The summed E-state index contributed by atoms with van der Waals surface area (Å²) in [6, 6.07) is 7.47. The maximum atomic E-state index is 12.0. The van der Waals surface area contributed by atoms with Gasteiger partial charge >= 0.3 is 12.0 Å². The van der Waals surface area contributed by atoms with Crippen molar-refractivity contribution in [3.63, 3.8) is 0 Å². The molecule has 5 nitrogen and oxygen atoms in total. The molecule has 1 aromatic carbocycles. The number of ether oxygens (including phenoxy) is 1. The normalized spacial score (nSPS) is 24.5. The number of carbonyl (C=O) groups excluding carboxylic acids is 2. The maximum absolute atomic E-state index is 12.0. The highest BCUT2D eigenvalue weighted by molar-refractivity contribution is 8.00. The van der Waals surface area contributed by atoms with Crippen molar-refractivity contribution >= 4 is 29.4 Å². The lowest BCUT2D eigenvalue weighted by molar-refractivity contribution is -0.142. The Morgan fingerprint density at radius 3 is 2.57 bits per heavy atom. The van der Waals surface area contributed by atoms with Crippen LogP contribution in [0.25, 0.3) is 0 Å². The first kappa shape index (κ1) is 16.2. The van der Waals surface area contributed by atoms with Crippen LogP contribution < -0.4 is 10.6 Å².